The quantitative estimate of drug-likeness (QED) is 0.885. The number of para-hydroxylation sites is 1. The Hall–Kier alpha value is -2.03. The maximum Gasteiger partial charge on any atom is 0.132 e. The number of hydrogen-bond acceptors (Lipinski definition) is 3. The topological polar surface area (TPSA) is 34.2 Å². The van der Waals surface area contributed by atoms with E-state index in [1.807, 2.05) is 18.2 Å². The number of nitrogens with one attached hydrogen (secondary N) is 1. The van der Waals surface area contributed by atoms with E-state index in [2.05, 4.69) is 43.2 Å². The maximum atomic E-state index is 5.96. The van der Waals surface area contributed by atoms with Crippen LogP contribution in [0.1, 0.15) is 23.6 Å². The van der Waals surface area contributed by atoms with Crippen molar-refractivity contribution in [1.29, 1.82) is 0 Å². The van der Waals surface area contributed by atoms with Crippen LogP contribution < -0.4 is 10.1 Å². The highest BCUT2D eigenvalue weighted by Crippen LogP contribution is 2.24. The third kappa shape index (κ3) is 3.25. The van der Waals surface area contributed by atoms with Gasteiger partial charge >= 0.3 is 0 Å². The molecule has 3 heteroatoms. The van der Waals surface area contributed by atoms with Crippen LogP contribution in [-0.4, -0.2) is 11.5 Å². The van der Waals surface area contributed by atoms with E-state index >= 15 is 0 Å². The third-order valence-corrected chi connectivity index (χ3v) is 3.02. The molecular formula is C16H20N2O. The van der Waals surface area contributed by atoms with Gasteiger partial charge in [0, 0.05) is 18.3 Å². The molecule has 3 nitrogen and oxygen atoms in total. The molecule has 0 aliphatic carbocycles. The molecule has 0 fully saturated rings. The van der Waals surface area contributed by atoms with Crippen LogP contribution in [0.15, 0.2) is 36.5 Å². The van der Waals surface area contributed by atoms with Gasteiger partial charge in [0.25, 0.3) is 0 Å². The number of hydrogen-bond donors (Lipinski definition) is 1. The molecule has 0 amide bonds. The summed E-state index contributed by atoms with van der Waals surface area (Å²) in [6.07, 6.45) is 1.79. The lowest BCUT2D eigenvalue weighted by Crippen LogP contribution is -2.06. The van der Waals surface area contributed by atoms with Gasteiger partial charge < -0.3 is 10.1 Å². The van der Waals surface area contributed by atoms with Gasteiger partial charge in [-0.1, -0.05) is 24.3 Å². The molecule has 100 valence electrons. The molecule has 0 unspecified atom stereocenters. The molecule has 0 atom stereocenters. The van der Waals surface area contributed by atoms with E-state index < -0.39 is 0 Å². The molecule has 1 N–H and O–H groups in total. The molecule has 0 saturated heterocycles. The molecule has 1 aromatic heterocycles. The number of rotatable bonds is 5. The molecule has 0 aliphatic heterocycles. The fraction of sp³-hybridized carbons (Fsp3) is 0.312. The third-order valence-electron chi connectivity index (χ3n) is 3.02. The van der Waals surface area contributed by atoms with E-state index in [9.17, 15) is 0 Å². The summed E-state index contributed by atoms with van der Waals surface area (Å²) in [5.41, 5.74) is 3.40. The predicted octanol–water partition coefficient (Wildman–Crippen LogP) is 3.71. The molecule has 2 rings (SSSR count). The second kappa shape index (κ2) is 6.23. The van der Waals surface area contributed by atoms with Gasteiger partial charge in [0.2, 0.25) is 0 Å². The van der Waals surface area contributed by atoms with Crippen LogP contribution in [0, 0.1) is 13.8 Å². The Labute approximate surface area is 114 Å². The molecule has 0 saturated carbocycles. The largest absolute Gasteiger partial charge is 0.488 e. The van der Waals surface area contributed by atoms with Gasteiger partial charge in [0.15, 0.2) is 0 Å². The Kier molecular flexibility index (Phi) is 4.39. The van der Waals surface area contributed by atoms with Crippen molar-refractivity contribution < 1.29 is 4.74 Å². The van der Waals surface area contributed by atoms with E-state index in [0.29, 0.717) is 6.61 Å². The zero-order valence-corrected chi connectivity index (χ0v) is 11.7. The second-order valence-corrected chi connectivity index (χ2v) is 4.55. The maximum absolute atomic E-state index is 5.96. The van der Waals surface area contributed by atoms with Gasteiger partial charge in [-0.15, -0.1) is 0 Å². The molecule has 1 heterocycles. The van der Waals surface area contributed by atoms with Crippen molar-refractivity contribution in [1.82, 2.24) is 4.98 Å². The van der Waals surface area contributed by atoms with E-state index in [0.717, 1.165) is 34.8 Å². The number of nitrogens with zero attached hydrogens (tertiary/aromatic N) is 1. The first-order valence-corrected chi connectivity index (χ1v) is 6.59. The van der Waals surface area contributed by atoms with Crippen molar-refractivity contribution in [3.05, 3.63) is 53.2 Å². The lowest BCUT2D eigenvalue weighted by atomic mass is 10.1. The number of benzene rings is 1. The molecule has 0 aliphatic rings. The summed E-state index contributed by atoms with van der Waals surface area (Å²) in [5.74, 6) is 1.87. The standard InChI is InChI=1S/C16H20N2O/c1-4-17-16-14(9-6-10-18-16)11-19-15-12(2)7-5-8-13(15)3/h5-10H,4,11H2,1-3H3,(H,17,18). The molecule has 0 spiro atoms. The van der Waals surface area contributed by atoms with Gasteiger partial charge in [-0.2, -0.15) is 0 Å². The Balaban J connectivity index is 2.15. The van der Waals surface area contributed by atoms with Crippen LogP contribution in [0.3, 0.4) is 0 Å². The van der Waals surface area contributed by atoms with Gasteiger partial charge in [-0.3, -0.25) is 0 Å². The number of ether oxygens (including phenoxy) is 1. The predicted molar refractivity (Wildman–Crippen MR) is 78.6 cm³/mol. The molecule has 0 radical (unpaired) electrons. The minimum absolute atomic E-state index is 0.530. The van der Waals surface area contributed by atoms with Crippen LogP contribution in [-0.2, 0) is 6.61 Å². The average Bonchev–Trinajstić information content (AvgIpc) is 2.40. The lowest BCUT2D eigenvalue weighted by Gasteiger charge is -2.14. The fourth-order valence-electron chi connectivity index (χ4n) is 2.06. The zero-order chi connectivity index (χ0) is 13.7. The molecule has 0 bridgehead atoms. The van der Waals surface area contributed by atoms with Crippen molar-refractivity contribution in [3.63, 3.8) is 0 Å². The molecular weight excluding hydrogens is 236 g/mol. The van der Waals surface area contributed by atoms with Crippen LogP contribution in [0.5, 0.6) is 5.75 Å². The van der Waals surface area contributed by atoms with Crippen molar-refractivity contribution in [2.45, 2.75) is 27.4 Å². The Bertz CT molecular complexity index is 532. The normalized spacial score (nSPS) is 10.3. The number of pyridine rings is 1. The van der Waals surface area contributed by atoms with Gasteiger partial charge in [-0.25, -0.2) is 4.98 Å². The van der Waals surface area contributed by atoms with Crippen LogP contribution >= 0.6 is 0 Å². The minimum Gasteiger partial charge on any atom is -0.488 e. The first-order chi connectivity index (χ1) is 9.22. The average molecular weight is 256 g/mol. The van der Waals surface area contributed by atoms with Crippen LogP contribution in [0.4, 0.5) is 5.82 Å². The van der Waals surface area contributed by atoms with Crippen molar-refractivity contribution in [2.75, 3.05) is 11.9 Å². The van der Waals surface area contributed by atoms with Gasteiger partial charge in [0.1, 0.15) is 18.2 Å². The van der Waals surface area contributed by atoms with Gasteiger partial charge in [-0.05, 0) is 38.0 Å². The number of aromatic nitrogens is 1. The van der Waals surface area contributed by atoms with Gasteiger partial charge in [0.05, 0.1) is 0 Å². The summed E-state index contributed by atoms with van der Waals surface area (Å²) in [6.45, 7) is 7.58. The Morgan fingerprint density at radius 1 is 1.11 bits per heavy atom. The van der Waals surface area contributed by atoms with Crippen LogP contribution in [0.2, 0.25) is 0 Å². The smallest absolute Gasteiger partial charge is 0.132 e. The second-order valence-electron chi connectivity index (χ2n) is 4.55. The number of aryl methyl sites for hydroxylation is 2. The summed E-state index contributed by atoms with van der Waals surface area (Å²) >= 11 is 0. The zero-order valence-electron chi connectivity index (χ0n) is 11.7. The summed E-state index contributed by atoms with van der Waals surface area (Å²) in [5, 5.41) is 3.25. The fourth-order valence-corrected chi connectivity index (χ4v) is 2.06. The Morgan fingerprint density at radius 2 is 1.84 bits per heavy atom. The minimum atomic E-state index is 0.530. The van der Waals surface area contributed by atoms with Crippen molar-refractivity contribution in [2.24, 2.45) is 0 Å². The summed E-state index contributed by atoms with van der Waals surface area (Å²) in [7, 11) is 0. The SMILES string of the molecule is CCNc1ncccc1COc1c(C)cccc1C. The summed E-state index contributed by atoms with van der Waals surface area (Å²) in [6, 6.07) is 10.2. The Morgan fingerprint density at radius 3 is 2.53 bits per heavy atom. The summed E-state index contributed by atoms with van der Waals surface area (Å²) < 4.78 is 5.96. The van der Waals surface area contributed by atoms with E-state index in [1.54, 1.807) is 6.20 Å². The molecule has 1 aromatic carbocycles. The van der Waals surface area contributed by atoms with E-state index in [4.69, 9.17) is 4.74 Å². The monoisotopic (exact) mass is 256 g/mol. The molecule has 19 heavy (non-hydrogen) atoms. The lowest BCUT2D eigenvalue weighted by molar-refractivity contribution is 0.302. The van der Waals surface area contributed by atoms with E-state index in [1.165, 1.54) is 0 Å². The highest BCUT2D eigenvalue weighted by molar-refractivity contribution is 5.44. The van der Waals surface area contributed by atoms with Crippen molar-refractivity contribution in [3.8, 4) is 5.75 Å². The molecule has 2 aromatic rings. The highest BCUT2D eigenvalue weighted by Gasteiger charge is 2.06. The first kappa shape index (κ1) is 13.4. The van der Waals surface area contributed by atoms with E-state index in [-0.39, 0.29) is 0 Å². The first-order valence-electron chi connectivity index (χ1n) is 6.59. The van der Waals surface area contributed by atoms with Crippen molar-refractivity contribution >= 4 is 5.82 Å². The summed E-state index contributed by atoms with van der Waals surface area (Å²) in [4.78, 5) is 4.33. The highest BCUT2D eigenvalue weighted by atomic mass is 16.5. The van der Waals surface area contributed by atoms with Crippen LogP contribution in [0.25, 0.3) is 0 Å². The number of anilines is 1.